The van der Waals surface area contributed by atoms with E-state index in [-0.39, 0.29) is 29.5 Å². The summed E-state index contributed by atoms with van der Waals surface area (Å²) in [6, 6.07) is 6.10. The number of likely N-dealkylation sites (N-methyl/N-ethyl adjacent to an activating group) is 1. The van der Waals surface area contributed by atoms with Crippen molar-refractivity contribution in [3.05, 3.63) is 57.5 Å². The molecule has 1 amide bonds. The smallest absolute Gasteiger partial charge is 0.277 e. The van der Waals surface area contributed by atoms with Gasteiger partial charge in [0.2, 0.25) is 11.8 Å². The highest BCUT2D eigenvalue weighted by molar-refractivity contribution is 6.01. The Morgan fingerprint density at radius 2 is 1.96 bits per heavy atom. The van der Waals surface area contributed by atoms with Crippen molar-refractivity contribution in [3.63, 3.8) is 0 Å². The Labute approximate surface area is 148 Å². The molecule has 2 heterocycles. The van der Waals surface area contributed by atoms with Gasteiger partial charge < -0.3 is 4.42 Å². The molecular weight excluding hydrogens is 339 g/mol. The highest BCUT2D eigenvalue weighted by Gasteiger charge is 2.19. The number of nitrogens with zero attached hydrogens (tertiary/aromatic N) is 2. The fourth-order valence-electron chi connectivity index (χ4n) is 2.90. The molecule has 1 aromatic carbocycles. The molecule has 0 aliphatic rings. The Bertz CT molecular complexity index is 1010. The molecule has 0 bridgehead atoms. The molecule has 2 aromatic heterocycles. The van der Waals surface area contributed by atoms with E-state index in [1.165, 1.54) is 12.1 Å². The van der Waals surface area contributed by atoms with E-state index in [9.17, 15) is 14.0 Å². The number of fused-ring (bicyclic) bond motifs is 1. The number of aromatic nitrogens is 2. The minimum Gasteiger partial charge on any atom is -0.444 e. The summed E-state index contributed by atoms with van der Waals surface area (Å²) >= 11 is 0. The molecule has 3 aromatic rings. The van der Waals surface area contributed by atoms with E-state index < -0.39 is 5.56 Å². The van der Waals surface area contributed by atoms with Crippen LogP contribution < -0.4 is 10.9 Å². The van der Waals surface area contributed by atoms with E-state index in [4.69, 9.17) is 4.42 Å². The van der Waals surface area contributed by atoms with Crippen LogP contribution >= 0.6 is 0 Å². The summed E-state index contributed by atoms with van der Waals surface area (Å²) in [6.45, 7) is 4.03. The number of halogens is 1. The Morgan fingerprint density at radius 3 is 2.65 bits per heavy atom. The molecule has 0 aliphatic carbocycles. The fraction of sp³-hybridized carbons (Fsp3) is 0.278. The van der Waals surface area contributed by atoms with Crippen LogP contribution in [0.5, 0.6) is 0 Å². The van der Waals surface area contributed by atoms with Crippen molar-refractivity contribution in [2.24, 2.45) is 0 Å². The van der Waals surface area contributed by atoms with E-state index in [1.54, 1.807) is 37.9 Å². The second kappa shape index (κ2) is 7.09. The maximum absolute atomic E-state index is 12.9. The van der Waals surface area contributed by atoms with Crippen LogP contribution in [-0.4, -0.2) is 34.6 Å². The fourth-order valence-corrected chi connectivity index (χ4v) is 2.90. The van der Waals surface area contributed by atoms with Crippen LogP contribution in [0.4, 0.5) is 10.3 Å². The summed E-state index contributed by atoms with van der Waals surface area (Å²) < 4.78 is 18.5. The SMILES string of the molecule is Cc1n[nH]c(=O)c2c(NC(=O)CN(C)Cc3ccc(F)cc3)oc(C)c12. The lowest BCUT2D eigenvalue weighted by molar-refractivity contribution is -0.117. The van der Waals surface area contributed by atoms with Crippen LogP contribution in [0.15, 0.2) is 33.5 Å². The lowest BCUT2D eigenvalue weighted by atomic mass is 10.2. The molecule has 0 aliphatic heterocycles. The molecule has 8 heteroatoms. The summed E-state index contributed by atoms with van der Waals surface area (Å²) in [5, 5.41) is 9.83. The zero-order valence-electron chi connectivity index (χ0n) is 14.7. The number of benzene rings is 1. The highest BCUT2D eigenvalue weighted by atomic mass is 19.1. The van der Waals surface area contributed by atoms with Crippen molar-refractivity contribution < 1.29 is 13.6 Å². The van der Waals surface area contributed by atoms with Crippen molar-refractivity contribution in [1.82, 2.24) is 15.1 Å². The van der Waals surface area contributed by atoms with E-state index in [0.717, 1.165) is 5.56 Å². The summed E-state index contributed by atoms with van der Waals surface area (Å²) in [6.07, 6.45) is 0. The molecule has 0 radical (unpaired) electrons. The number of hydrogen-bond acceptors (Lipinski definition) is 5. The van der Waals surface area contributed by atoms with Gasteiger partial charge in [-0.1, -0.05) is 12.1 Å². The maximum atomic E-state index is 12.9. The predicted octanol–water partition coefficient (Wildman–Crippen LogP) is 2.34. The van der Waals surface area contributed by atoms with Gasteiger partial charge in [-0.15, -0.1) is 0 Å². The molecule has 0 saturated heterocycles. The molecule has 0 unspecified atom stereocenters. The van der Waals surface area contributed by atoms with Crippen molar-refractivity contribution in [3.8, 4) is 0 Å². The number of carbonyl (C=O) groups excluding carboxylic acids is 1. The van der Waals surface area contributed by atoms with Crippen LogP contribution in [0.3, 0.4) is 0 Å². The van der Waals surface area contributed by atoms with Crippen molar-refractivity contribution in [1.29, 1.82) is 0 Å². The largest absolute Gasteiger partial charge is 0.444 e. The van der Waals surface area contributed by atoms with E-state index >= 15 is 0 Å². The Hall–Kier alpha value is -3.00. The molecular formula is C18H19FN4O3. The highest BCUT2D eigenvalue weighted by Crippen LogP contribution is 2.28. The number of carbonyl (C=O) groups is 1. The molecule has 3 rings (SSSR count). The number of aromatic amines is 1. The number of nitrogens with one attached hydrogen (secondary N) is 2. The van der Waals surface area contributed by atoms with Crippen LogP contribution in [0.25, 0.3) is 10.8 Å². The molecule has 0 atom stereocenters. The van der Waals surface area contributed by atoms with Gasteiger partial charge in [-0.05, 0) is 38.6 Å². The third kappa shape index (κ3) is 3.65. The summed E-state index contributed by atoms with van der Waals surface area (Å²) in [5.41, 5.74) is 1.09. The minimum atomic E-state index is -0.419. The molecule has 26 heavy (non-hydrogen) atoms. The first kappa shape index (κ1) is 17.8. The Balaban J connectivity index is 1.72. The van der Waals surface area contributed by atoms with Gasteiger partial charge in [-0.2, -0.15) is 5.10 Å². The molecule has 0 spiro atoms. The Morgan fingerprint density at radius 1 is 1.27 bits per heavy atom. The molecule has 2 N–H and O–H groups in total. The average molecular weight is 358 g/mol. The number of aryl methyl sites for hydroxylation is 2. The molecule has 136 valence electrons. The third-order valence-electron chi connectivity index (χ3n) is 4.03. The van der Waals surface area contributed by atoms with Crippen LogP contribution in [-0.2, 0) is 11.3 Å². The predicted molar refractivity (Wildman–Crippen MR) is 95.5 cm³/mol. The van der Waals surface area contributed by atoms with Gasteiger partial charge in [0.1, 0.15) is 17.0 Å². The van der Waals surface area contributed by atoms with Gasteiger partial charge in [0.05, 0.1) is 17.6 Å². The maximum Gasteiger partial charge on any atom is 0.277 e. The van der Waals surface area contributed by atoms with E-state index in [1.807, 2.05) is 0 Å². The number of amides is 1. The van der Waals surface area contributed by atoms with Gasteiger partial charge >= 0.3 is 0 Å². The van der Waals surface area contributed by atoms with Crippen molar-refractivity contribution in [2.45, 2.75) is 20.4 Å². The number of rotatable bonds is 5. The first-order chi connectivity index (χ1) is 12.3. The lowest BCUT2D eigenvalue weighted by Crippen LogP contribution is -2.30. The zero-order valence-corrected chi connectivity index (χ0v) is 14.7. The van der Waals surface area contributed by atoms with E-state index in [0.29, 0.717) is 23.4 Å². The van der Waals surface area contributed by atoms with Crippen LogP contribution in [0.2, 0.25) is 0 Å². The lowest BCUT2D eigenvalue weighted by Gasteiger charge is -2.15. The zero-order chi connectivity index (χ0) is 18.8. The minimum absolute atomic E-state index is 0.0839. The first-order valence-corrected chi connectivity index (χ1v) is 8.06. The van der Waals surface area contributed by atoms with Crippen LogP contribution in [0.1, 0.15) is 17.0 Å². The molecule has 0 fully saturated rings. The standard InChI is InChI=1S/C18H19FN4O3/c1-10-15-11(2)26-18(16(15)17(25)22-21-10)20-14(24)9-23(3)8-12-4-6-13(19)7-5-12/h4-7H,8-9H2,1-3H3,(H,20,24)(H,22,25). The van der Waals surface area contributed by atoms with E-state index in [2.05, 4.69) is 15.5 Å². The summed E-state index contributed by atoms with van der Waals surface area (Å²) in [7, 11) is 1.77. The summed E-state index contributed by atoms with van der Waals surface area (Å²) in [5.74, 6) is 0.0128. The number of furan rings is 1. The quantitative estimate of drug-likeness (QED) is 0.730. The topological polar surface area (TPSA) is 91.2 Å². The first-order valence-electron chi connectivity index (χ1n) is 8.06. The monoisotopic (exact) mass is 358 g/mol. The van der Waals surface area contributed by atoms with Gasteiger partial charge in [0, 0.05) is 6.54 Å². The normalized spacial score (nSPS) is 11.3. The van der Waals surface area contributed by atoms with Crippen LogP contribution in [0, 0.1) is 19.7 Å². The van der Waals surface area contributed by atoms with Gasteiger partial charge in [-0.25, -0.2) is 9.49 Å². The Kier molecular flexibility index (Phi) is 4.85. The molecule has 0 saturated carbocycles. The van der Waals surface area contributed by atoms with Crippen molar-refractivity contribution >= 4 is 22.6 Å². The van der Waals surface area contributed by atoms with Gasteiger partial charge in [-0.3, -0.25) is 19.8 Å². The second-order valence-corrected chi connectivity index (χ2v) is 6.22. The second-order valence-electron chi connectivity index (χ2n) is 6.22. The van der Waals surface area contributed by atoms with Gasteiger partial charge in [0.25, 0.3) is 5.56 Å². The number of H-pyrrole nitrogens is 1. The number of anilines is 1. The van der Waals surface area contributed by atoms with Crippen molar-refractivity contribution in [2.75, 3.05) is 18.9 Å². The third-order valence-corrected chi connectivity index (χ3v) is 4.03. The van der Waals surface area contributed by atoms with Gasteiger partial charge in [0.15, 0.2) is 0 Å². The molecule has 7 nitrogen and oxygen atoms in total. The summed E-state index contributed by atoms with van der Waals surface area (Å²) in [4.78, 5) is 26.2. The number of hydrogen-bond donors (Lipinski definition) is 2. The average Bonchev–Trinajstić information content (AvgIpc) is 2.90.